The zero-order chi connectivity index (χ0) is 14.7. The van der Waals surface area contributed by atoms with Crippen LogP contribution < -0.4 is 5.32 Å². The Bertz CT molecular complexity index is 610. The molecule has 21 heavy (non-hydrogen) atoms. The van der Waals surface area contributed by atoms with Crippen LogP contribution in [0.1, 0.15) is 34.8 Å². The van der Waals surface area contributed by atoms with Crippen molar-refractivity contribution in [3.05, 3.63) is 52.9 Å². The van der Waals surface area contributed by atoms with Crippen LogP contribution in [-0.4, -0.2) is 28.5 Å². The van der Waals surface area contributed by atoms with Crippen LogP contribution in [0.15, 0.2) is 24.5 Å². The van der Waals surface area contributed by atoms with E-state index in [-0.39, 0.29) is 0 Å². The second-order valence-electron chi connectivity index (χ2n) is 5.85. The first-order chi connectivity index (χ1) is 10.3. The molecule has 0 aromatic carbocycles. The Hall–Kier alpha value is -1.81. The normalized spacial score (nSPS) is 17.5. The van der Waals surface area contributed by atoms with Gasteiger partial charge in [0.25, 0.3) is 0 Å². The van der Waals surface area contributed by atoms with Crippen LogP contribution in [0.2, 0.25) is 0 Å². The lowest BCUT2D eigenvalue weighted by atomic mass is 9.85. The molecule has 2 aromatic rings. The van der Waals surface area contributed by atoms with Gasteiger partial charge < -0.3 is 5.32 Å². The Balaban J connectivity index is 1.82. The predicted molar refractivity (Wildman–Crippen MR) is 83.3 cm³/mol. The van der Waals surface area contributed by atoms with E-state index in [2.05, 4.69) is 17.2 Å². The minimum atomic E-state index is 0.718. The molecule has 0 fully saturated rings. The first-order valence-corrected chi connectivity index (χ1v) is 7.65. The summed E-state index contributed by atoms with van der Waals surface area (Å²) in [6.07, 6.45) is 7.84. The van der Waals surface area contributed by atoms with Gasteiger partial charge in [-0.15, -0.1) is 0 Å². The number of hydrogen-bond acceptors (Lipinski definition) is 4. The maximum absolute atomic E-state index is 4.81. The molecule has 2 heterocycles. The zero-order valence-electron chi connectivity index (χ0n) is 12.8. The quantitative estimate of drug-likeness (QED) is 0.933. The fraction of sp³-hybridized carbons (Fsp3) is 0.471. The zero-order valence-corrected chi connectivity index (χ0v) is 12.8. The molecule has 1 aliphatic carbocycles. The molecule has 0 amide bonds. The van der Waals surface area contributed by atoms with Crippen LogP contribution in [0.5, 0.6) is 0 Å². The van der Waals surface area contributed by atoms with E-state index in [9.17, 15) is 0 Å². The maximum Gasteiger partial charge on any atom is 0.133 e. The Morgan fingerprint density at radius 1 is 1.24 bits per heavy atom. The molecule has 0 spiro atoms. The van der Waals surface area contributed by atoms with E-state index >= 15 is 0 Å². The highest BCUT2D eigenvalue weighted by atomic mass is 14.9. The largest absolute Gasteiger partial charge is 0.319 e. The van der Waals surface area contributed by atoms with Crippen LogP contribution in [0, 0.1) is 12.8 Å². The minimum Gasteiger partial charge on any atom is -0.319 e. The van der Waals surface area contributed by atoms with Crippen molar-refractivity contribution < 1.29 is 0 Å². The minimum absolute atomic E-state index is 0.718. The number of aromatic nitrogens is 3. The molecule has 0 radical (unpaired) electrons. The van der Waals surface area contributed by atoms with Gasteiger partial charge in [0.1, 0.15) is 5.82 Å². The van der Waals surface area contributed by atoms with E-state index < -0.39 is 0 Å². The van der Waals surface area contributed by atoms with Crippen LogP contribution in [-0.2, 0) is 19.3 Å². The number of aryl methyl sites for hydroxylation is 2. The average Bonchev–Trinajstić information content (AvgIpc) is 2.49. The summed E-state index contributed by atoms with van der Waals surface area (Å²) in [5.74, 6) is 1.65. The van der Waals surface area contributed by atoms with Gasteiger partial charge in [-0.05, 0) is 69.0 Å². The highest BCUT2D eigenvalue weighted by Gasteiger charge is 2.22. The predicted octanol–water partition coefficient (Wildman–Crippen LogP) is 2.10. The van der Waals surface area contributed by atoms with Crippen molar-refractivity contribution in [2.75, 3.05) is 13.6 Å². The van der Waals surface area contributed by atoms with Crippen LogP contribution in [0.4, 0.5) is 0 Å². The van der Waals surface area contributed by atoms with Gasteiger partial charge in [0.05, 0.1) is 0 Å². The highest BCUT2D eigenvalue weighted by Crippen LogP contribution is 2.26. The standard InChI is InChI=1S/C17H22N4/c1-12-15-9-14(11-18-2)3-4-16(15)21-17(20-12)10-13-5-7-19-8-6-13/h5-8,14,18H,3-4,9-11H2,1-2H3. The average molecular weight is 282 g/mol. The fourth-order valence-corrected chi connectivity index (χ4v) is 3.15. The lowest BCUT2D eigenvalue weighted by Crippen LogP contribution is -2.26. The number of fused-ring (bicyclic) bond motifs is 1. The number of pyridine rings is 1. The summed E-state index contributed by atoms with van der Waals surface area (Å²) in [7, 11) is 2.02. The summed E-state index contributed by atoms with van der Waals surface area (Å²) in [5, 5.41) is 3.29. The van der Waals surface area contributed by atoms with Crippen molar-refractivity contribution in [1.29, 1.82) is 0 Å². The number of hydrogen-bond donors (Lipinski definition) is 1. The molecule has 0 bridgehead atoms. The highest BCUT2D eigenvalue weighted by molar-refractivity contribution is 5.29. The SMILES string of the molecule is CNCC1CCc2nc(Cc3ccncc3)nc(C)c2C1. The van der Waals surface area contributed by atoms with E-state index in [0.29, 0.717) is 0 Å². The van der Waals surface area contributed by atoms with Crippen LogP contribution in [0.25, 0.3) is 0 Å². The number of rotatable bonds is 4. The van der Waals surface area contributed by atoms with Gasteiger partial charge in [-0.2, -0.15) is 0 Å². The van der Waals surface area contributed by atoms with E-state index in [4.69, 9.17) is 9.97 Å². The molecule has 4 heteroatoms. The van der Waals surface area contributed by atoms with E-state index in [1.54, 1.807) is 0 Å². The van der Waals surface area contributed by atoms with Crippen molar-refractivity contribution in [1.82, 2.24) is 20.3 Å². The van der Waals surface area contributed by atoms with Crippen molar-refractivity contribution in [3.8, 4) is 0 Å². The lowest BCUT2D eigenvalue weighted by molar-refractivity contribution is 0.431. The Morgan fingerprint density at radius 3 is 2.81 bits per heavy atom. The van der Waals surface area contributed by atoms with Crippen LogP contribution in [0.3, 0.4) is 0 Å². The van der Waals surface area contributed by atoms with Gasteiger partial charge in [-0.3, -0.25) is 4.98 Å². The van der Waals surface area contributed by atoms with Gasteiger partial charge in [0.15, 0.2) is 0 Å². The monoisotopic (exact) mass is 282 g/mol. The fourth-order valence-electron chi connectivity index (χ4n) is 3.15. The van der Waals surface area contributed by atoms with Gasteiger partial charge in [-0.25, -0.2) is 9.97 Å². The van der Waals surface area contributed by atoms with Gasteiger partial charge in [0, 0.05) is 30.2 Å². The molecule has 1 N–H and O–H groups in total. The van der Waals surface area contributed by atoms with E-state index in [1.165, 1.54) is 23.2 Å². The number of nitrogens with zero attached hydrogens (tertiary/aromatic N) is 3. The van der Waals surface area contributed by atoms with E-state index in [1.807, 2.05) is 31.6 Å². The lowest BCUT2D eigenvalue weighted by Gasteiger charge is -2.25. The molecule has 1 atom stereocenters. The van der Waals surface area contributed by atoms with Gasteiger partial charge in [-0.1, -0.05) is 0 Å². The summed E-state index contributed by atoms with van der Waals surface area (Å²) >= 11 is 0. The molecule has 0 aliphatic heterocycles. The summed E-state index contributed by atoms with van der Waals surface area (Å²) in [5.41, 5.74) is 5.01. The molecule has 2 aromatic heterocycles. The second-order valence-corrected chi connectivity index (χ2v) is 5.85. The molecule has 1 unspecified atom stereocenters. The van der Waals surface area contributed by atoms with Crippen LogP contribution >= 0.6 is 0 Å². The summed E-state index contributed by atoms with van der Waals surface area (Å²) in [6, 6.07) is 4.06. The Morgan fingerprint density at radius 2 is 2.05 bits per heavy atom. The molecule has 0 saturated carbocycles. The van der Waals surface area contributed by atoms with Gasteiger partial charge >= 0.3 is 0 Å². The third-order valence-electron chi connectivity index (χ3n) is 4.23. The second kappa shape index (κ2) is 6.31. The molecule has 110 valence electrons. The molecule has 0 saturated heterocycles. The first-order valence-electron chi connectivity index (χ1n) is 7.65. The topological polar surface area (TPSA) is 50.7 Å². The maximum atomic E-state index is 4.81. The van der Waals surface area contributed by atoms with Crippen molar-refractivity contribution >= 4 is 0 Å². The Kier molecular flexibility index (Phi) is 4.25. The molecule has 4 nitrogen and oxygen atoms in total. The van der Waals surface area contributed by atoms with Gasteiger partial charge in [0.2, 0.25) is 0 Å². The summed E-state index contributed by atoms with van der Waals surface area (Å²) < 4.78 is 0. The third kappa shape index (κ3) is 3.27. The van der Waals surface area contributed by atoms with Crippen molar-refractivity contribution in [2.24, 2.45) is 5.92 Å². The summed E-state index contributed by atoms with van der Waals surface area (Å²) in [6.45, 7) is 3.20. The molecular weight excluding hydrogens is 260 g/mol. The smallest absolute Gasteiger partial charge is 0.133 e. The first kappa shape index (κ1) is 14.1. The number of nitrogens with one attached hydrogen (secondary N) is 1. The summed E-state index contributed by atoms with van der Waals surface area (Å²) in [4.78, 5) is 13.6. The third-order valence-corrected chi connectivity index (χ3v) is 4.23. The molecule has 1 aliphatic rings. The Labute approximate surface area is 126 Å². The van der Waals surface area contributed by atoms with Crippen molar-refractivity contribution in [3.63, 3.8) is 0 Å². The van der Waals surface area contributed by atoms with E-state index in [0.717, 1.165) is 43.2 Å². The molecular formula is C17H22N4. The van der Waals surface area contributed by atoms with Crippen molar-refractivity contribution in [2.45, 2.75) is 32.6 Å². The molecule has 3 rings (SSSR count).